The molecular formula is C15H28N2O4. The molecule has 0 saturated carbocycles. The fourth-order valence-electron chi connectivity index (χ4n) is 2.31. The number of nitrogens with zero attached hydrogens (tertiary/aromatic N) is 1. The quantitative estimate of drug-likeness (QED) is 0.644. The highest BCUT2D eigenvalue weighted by atomic mass is 16.5. The van der Waals surface area contributed by atoms with E-state index in [2.05, 4.69) is 5.32 Å². The number of rotatable bonds is 9. The van der Waals surface area contributed by atoms with Crippen molar-refractivity contribution in [1.82, 2.24) is 10.2 Å². The smallest absolute Gasteiger partial charge is 0.248 e. The van der Waals surface area contributed by atoms with Crippen molar-refractivity contribution in [2.24, 2.45) is 0 Å². The van der Waals surface area contributed by atoms with E-state index < -0.39 is 5.54 Å². The maximum atomic E-state index is 12.5. The molecule has 1 aliphatic heterocycles. The number of carbonyl (C=O) groups excluding carboxylic acids is 2. The molecule has 21 heavy (non-hydrogen) atoms. The Morgan fingerprint density at radius 1 is 1.24 bits per heavy atom. The van der Waals surface area contributed by atoms with Gasteiger partial charge < -0.3 is 19.7 Å². The number of amides is 2. The van der Waals surface area contributed by atoms with Gasteiger partial charge in [-0.05, 0) is 26.2 Å². The molecule has 1 aliphatic rings. The lowest BCUT2D eigenvalue weighted by atomic mass is 9.97. The third-order valence-corrected chi connectivity index (χ3v) is 3.89. The van der Waals surface area contributed by atoms with Crippen molar-refractivity contribution in [2.75, 3.05) is 40.0 Å². The molecule has 0 bridgehead atoms. The van der Waals surface area contributed by atoms with Crippen LogP contribution in [0.3, 0.4) is 0 Å². The molecule has 1 heterocycles. The lowest BCUT2D eigenvalue weighted by molar-refractivity contribution is -0.138. The number of nitrogens with one attached hydrogen (secondary N) is 1. The summed E-state index contributed by atoms with van der Waals surface area (Å²) < 4.78 is 10.3. The van der Waals surface area contributed by atoms with Crippen LogP contribution in [0.5, 0.6) is 0 Å². The molecular weight excluding hydrogens is 272 g/mol. The Bertz CT molecular complexity index is 349. The number of hydrogen-bond acceptors (Lipinski definition) is 4. The zero-order valence-corrected chi connectivity index (χ0v) is 13.4. The Balaban J connectivity index is 2.36. The average molecular weight is 300 g/mol. The molecule has 6 nitrogen and oxygen atoms in total. The summed E-state index contributed by atoms with van der Waals surface area (Å²) in [6.07, 6.45) is 2.77. The van der Waals surface area contributed by atoms with Gasteiger partial charge in [0.1, 0.15) is 5.54 Å². The Labute approximate surface area is 127 Å². The Kier molecular flexibility index (Phi) is 7.67. The summed E-state index contributed by atoms with van der Waals surface area (Å²) in [5.41, 5.74) is -0.761. The van der Waals surface area contributed by atoms with E-state index in [9.17, 15) is 9.59 Å². The van der Waals surface area contributed by atoms with Crippen molar-refractivity contribution in [2.45, 2.75) is 45.1 Å². The monoisotopic (exact) mass is 300 g/mol. The number of unbranched alkanes of at least 4 members (excludes halogenated alkanes) is 1. The molecule has 1 saturated heterocycles. The maximum absolute atomic E-state index is 12.5. The van der Waals surface area contributed by atoms with Gasteiger partial charge in [0, 0.05) is 33.2 Å². The molecule has 0 spiro atoms. The van der Waals surface area contributed by atoms with Crippen LogP contribution in [0.1, 0.15) is 39.5 Å². The highest BCUT2D eigenvalue weighted by molar-refractivity contribution is 5.93. The lowest BCUT2D eigenvalue weighted by Gasteiger charge is -2.31. The number of methoxy groups -OCH3 is 1. The van der Waals surface area contributed by atoms with Gasteiger partial charge in [-0.2, -0.15) is 0 Å². The highest BCUT2D eigenvalue weighted by Gasteiger charge is 2.38. The first-order valence-electron chi connectivity index (χ1n) is 7.70. The van der Waals surface area contributed by atoms with Gasteiger partial charge in [-0.25, -0.2) is 0 Å². The second kappa shape index (κ2) is 9.00. The summed E-state index contributed by atoms with van der Waals surface area (Å²) in [6.45, 7) is 6.79. The maximum Gasteiger partial charge on any atom is 0.248 e. The zero-order valence-electron chi connectivity index (χ0n) is 13.4. The number of ether oxygens (including phenoxy) is 2. The fraction of sp³-hybridized carbons (Fsp3) is 0.867. The summed E-state index contributed by atoms with van der Waals surface area (Å²) in [5, 5.41) is 2.84. The summed E-state index contributed by atoms with van der Waals surface area (Å²) in [5.74, 6) is -0.0192. The Morgan fingerprint density at radius 3 is 2.67 bits per heavy atom. The molecule has 0 radical (unpaired) electrons. The average Bonchev–Trinajstić information content (AvgIpc) is 2.58. The van der Waals surface area contributed by atoms with E-state index in [4.69, 9.17) is 9.47 Å². The van der Waals surface area contributed by atoms with Crippen molar-refractivity contribution in [3.05, 3.63) is 0 Å². The fourth-order valence-corrected chi connectivity index (χ4v) is 2.31. The lowest BCUT2D eigenvalue weighted by Crippen LogP contribution is -2.54. The third-order valence-electron chi connectivity index (χ3n) is 3.89. The molecule has 0 aliphatic carbocycles. The molecule has 1 rings (SSSR count). The first-order chi connectivity index (χ1) is 10.0. The SMILES string of the molecule is CCC1(C)NC(=O)CCN(CCCCOCCOC)C1=O. The number of carbonyl (C=O) groups is 2. The van der Waals surface area contributed by atoms with Crippen LogP contribution in [0.15, 0.2) is 0 Å². The minimum absolute atomic E-state index is 0.0242. The summed E-state index contributed by atoms with van der Waals surface area (Å²) >= 11 is 0. The van der Waals surface area contributed by atoms with Crippen LogP contribution in [0.25, 0.3) is 0 Å². The van der Waals surface area contributed by atoms with Crippen LogP contribution in [0.4, 0.5) is 0 Å². The van der Waals surface area contributed by atoms with Gasteiger partial charge in [-0.1, -0.05) is 6.92 Å². The van der Waals surface area contributed by atoms with Gasteiger partial charge in [-0.15, -0.1) is 0 Å². The van der Waals surface area contributed by atoms with Gasteiger partial charge in [0.15, 0.2) is 0 Å². The zero-order chi connectivity index (χ0) is 15.7. The van der Waals surface area contributed by atoms with Gasteiger partial charge in [-0.3, -0.25) is 9.59 Å². The van der Waals surface area contributed by atoms with Gasteiger partial charge >= 0.3 is 0 Å². The summed E-state index contributed by atoms with van der Waals surface area (Å²) in [7, 11) is 1.65. The first-order valence-corrected chi connectivity index (χ1v) is 7.70. The molecule has 1 N–H and O–H groups in total. The minimum Gasteiger partial charge on any atom is -0.382 e. The standard InChI is InChI=1S/C15H28N2O4/c1-4-15(2)14(19)17(9-7-13(18)16-15)8-5-6-10-21-12-11-20-3/h4-12H2,1-3H3,(H,16,18). The highest BCUT2D eigenvalue weighted by Crippen LogP contribution is 2.18. The molecule has 2 amide bonds. The van der Waals surface area contributed by atoms with E-state index >= 15 is 0 Å². The van der Waals surface area contributed by atoms with Crippen molar-refractivity contribution in [3.8, 4) is 0 Å². The van der Waals surface area contributed by atoms with E-state index in [0.717, 1.165) is 12.8 Å². The first kappa shape index (κ1) is 17.9. The van der Waals surface area contributed by atoms with Gasteiger partial charge in [0.2, 0.25) is 11.8 Å². The Morgan fingerprint density at radius 2 is 2.00 bits per heavy atom. The van der Waals surface area contributed by atoms with Crippen LogP contribution >= 0.6 is 0 Å². The molecule has 0 aromatic rings. The predicted molar refractivity (Wildman–Crippen MR) is 80.0 cm³/mol. The van der Waals surface area contributed by atoms with Crippen LogP contribution in [0, 0.1) is 0 Å². The second-order valence-electron chi connectivity index (χ2n) is 5.59. The van der Waals surface area contributed by atoms with Crippen molar-refractivity contribution in [1.29, 1.82) is 0 Å². The largest absolute Gasteiger partial charge is 0.382 e. The number of hydrogen-bond donors (Lipinski definition) is 1. The molecule has 122 valence electrons. The topological polar surface area (TPSA) is 67.9 Å². The molecule has 1 atom stereocenters. The summed E-state index contributed by atoms with van der Waals surface area (Å²) in [6, 6.07) is 0. The third kappa shape index (κ3) is 5.63. The van der Waals surface area contributed by atoms with E-state index in [1.165, 1.54) is 0 Å². The molecule has 0 aromatic heterocycles. The van der Waals surface area contributed by atoms with Gasteiger partial charge in [0.05, 0.1) is 13.2 Å². The summed E-state index contributed by atoms with van der Waals surface area (Å²) in [4.78, 5) is 26.0. The van der Waals surface area contributed by atoms with Crippen molar-refractivity contribution >= 4 is 11.8 Å². The van der Waals surface area contributed by atoms with Crippen LogP contribution in [-0.4, -0.2) is 62.3 Å². The molecule has 0 aromatic carbocycles. The van der Waals surface area contributed by atoms with Crippen LogP contribution in [-0.2, 0) is 19.1 Å². The normalized spacial score (nSPS) is 23.1. The van der Waals surface area contributed by atoms with Gasteiger partial charge in [0.25, 0.3) is 0 Å². The van der Waals surface area contributed by atoms with Crippen LogP contribution < -0.4 is 5.32 Å². The predicted octanol–water partition coefficient (Wildman–Crippen LogP) is 0.947. The molecule has 1 unspecified atom stereocenters. The molecule has 1 fully saturated rings. The Hall–Kier alpha value is -1.14. The minimum atomic E-state index is -0.761. The van der Waals surface area contributed by atoms with Crippen molar-refractivity contribution in [3.63, 3.8) is 0 Å². The van der Waals surface area contributed by atoms with Crippen LogP contribution in [0.2, 0.25) is 0 Å². The second-order valence-corrected chi connectivity index (χ2v) is 5.59. The van der Waals surface area contributed by atoms with E-state index in [1.807, 2.05) is 6.92 Å². The van der Waals surface area contributed by atoms with Crippen molar-refractivity contribution < 1.29 is 19.1 Å². The van der Waals surface area contributed by atoms with E-state index in [-0.39, 0.29) is 11.8 Å². The van der Waals surface area contributed by atoms with E-state index in [1.54, 1.807) is 18.9 Å². The van der Waals surface area contributed by atoms with E-state index in [0.29, 0.717) is 45.8 Å². The molecule has 6 heteroatoms.